The second-order valence-corrected chi connectivity index (χ2v) is 4.27. The molecule has 0 amide bonds. The summed E-state index contributed by atoms with van der Waals surface area (Å²) in [5.74, 6) is 0. The van der Waals surface area contributed by atoms with Crippen LogP contribution in [0.2, 0.25) is 0 Å². The van der Waals surface area contributed by atoms with Crippen molar-refractivity contribution in [3.63, 3.8) is 0 Å². The van der Waals surface area contributed by atoms with Crippen LogP contribution >= 0.6 is 0 Å². The van der Waals surface area contributed by atoms with Crippen molar-refractivity contribution in [1.29, 1.82) is 0 Å². The van der Waals surface area contributed by atoms with Crippen LogP contribution in [-0.2, 0) is 11.3 Å². The number of rotatable bonds is 3. The summed E-state index contributed by atoms with van der Waals surface area (Å²) in [6.45, 7) is -0.598. The van der Waals surface area contributed by atoms with Crippen LogP contribution in [0.3, 0.4) is 0 Å². The Labute approximate surface area is 103 Å². The van der Waals surface area contributed by atoms with Crippen LogP contribution in [0.5, 0.6) is 0 Å². The van der Waals surface area contributed by atoms with Gasteiger partial charge in [0.2, 0.25) is 0 Å². The van der Waals surface area contributed by atoms with E-state index in [0.29, 0.717) is 5.56 Å². The Morgan fingerprint density at radius 1 is 1.50 bits per heavy atom. The largest absolute Gasteiger partial charge is 0.398 e. The third-order valence-corrected chi connectivity index (χ3v) is 3.06. The summed E-state index contributed by atoms with van der Waals surface area (Å²) in [7, 11) is 0. The average molecular weight is 256 g/mol. The molecule has 2 rings (SSSR count). The van der Waals surface area contributed by atoms with Gasteiger partial charge in [-0.1, -0.05) is 0 Å². The van der Waals surface area contributed by atoms with E-state index in [4.69, 9.17) is 20.7 Å². The molecule has 0 aromatic carbocycles. The standard InChI is InChI=1S/C11H16N2O5/c12-7-1-10(17)13(3-6(7)4-14)11-2-8(16)9(5-15)18-11/h1,3,8-9,11,14-16H,2,4-5,12H2. The smallest absolute Gasteiger partial charge is 0.254 e. The van der Waals surface area contributed by atoms with Crippen molar-refractivity contribution >= 4 is 5.69 Å². The minimum Gasteiger partial charge on any atom is -0.398 e. The normalized spacial score (nSPS) is 27.6. The maximum atomic E-state index is 11.8. The van der Waals surface area contributed by atoms with Crippen LogP contribution in [-0.4, -0.2) is 38.7 Å². The topological polar surface area (TPSA) is 118 Å². The van der Waals surface area contributed by atoms with E-state index < -0.39 is 18.4 Å². The van der Waals surface area contributed by atoms with E-state index in [0.717, 1.165) is 0 Å². The first kappa shape index (κ1) is 13.0. The van der Waals surface area contributed by atoms with Crippen molar-refractivity contribution in [3.05, 3.63) is 28.2 Å². The number of hydrogen-bond donors (Lipinski definition) is 4. The number of hydrogen-bond acceptors (Lipinski definition) is 6. The van der Waals surface area contributed by atoms with Crippen LogP contribution in [0.25, 0.3) is 0 Å². The molecule has 0 spiro atoms. The molecule has 1 aliphatic heterocycles. The molecule has 7 heteroatoms. The summed E-state index contributed by atoms with van der Waals surface area (Å²) < 4.78 is 6.63. The van der Waals surface area contributed by atoms with Crippen molar-refractivity contribution in [2.75, 3.05) is 12.3 Å². The fourth-order valence-corrected chi connectivity index (χ4v) is 2.01. The van der Waals surface area contributed by atoms with Gasteiger partial charge in [-0.05, 0) is 0 Å². The number of pyridine rings is 1. The van der Waals surface area contributed by atoms with Crippen LogP contribution in [0.1, 0.15) is 18.2 Å². The number of aromatic nitrogens is 1. The lowest BCUT2D eigenvalue weighted by Gasteiger charge is -2.16. The SMILES string of the molecule is Nc1cc(=O)n(C2CC(O)C(CO)O2)cc1CO. The molecule has 1 aromatic rings. The predicted molar refractivity (Wildman–Crippen MR) is 62.7 cm³/mol. The van der Waals surface area contributed by atoms with E-state index in [1.54, 1.807) is 0 Å². The first-order valence-corrected chi connectivity index (χ1v) is 5.62. The number of anilines is 1. The molecule has 18 heavy (non-hydrogen) atoms. The molecule has 0 radical (unpaired) electrons. The first-order chi connectivity index (χ1) is 8.56. The summed E-state index contributed by atoms with van der Waals surface area (Å²) in [4.78, 5) is 11.8. The molecule has 0 bridgehead atoms. The number of nitrogen functional groups attached to an aromatic ring is 1. The van der Waals surface area contributed by atoms with Gasteiger partial charge in [-0.2, -0.15) is 0 Å². The third kappa shape index (κ3) is 2.25. The molecule has 1 aliphatic rings. The van der Waals surface area contributed by atoms with Crippen LogP contribution in [0.15, 0.2) is 17.1 Å². The zero-order valence-electron chi connectivity index (χ0n) is 9.69. The highest BCUT2D eigenvalue weighted by Crippen LogP contribution is 2.28. The highest BCUT2D eigenvalue weighted by Gasteiger charge is 2.34. The van der Waals surface area contributed by atoms with E-state index >= 15 is 0 Å². The highest BCUT2D eigenvalue weighted by molar-refractivity contribution is 5.44. The molecule has 1 aromatic heterocycles. The summed E-state index contributed by atoms with van der Waals surface area (Å²) in [5, 5.41) is 27.7. The van der Waals surface area contributed by atoms with Gasteiger partial charge in [0.05, 0.1) is 19.3 Å². The van der Waals surface area contributed by atoms with Gasteiger partial charge >= 0.3 is 0 Å². The number of aliphatic hydroxyl groups is 3. The molecular weight excluding hydrogens is 240 g/mol. The van der Waals surface area contributed by atoms with Gasteiger partial charge in [-0.25, -0.2) is 0 Å². The second-order valence-electron chi connectivity index (χ2n) is 4.27. The molecule has 7 nitrogen and oxygen atoms in total. The second kappa shape index (κ2) is 5.07. The molecule has 2 heterocycles. The minimum atomic E-state index is -0.818. The van der Waals surface area contributed by atoms with E-state index in [1.165, 1.54) is 16.8 Å². The molecule has 1 fully saturated rings. The number of nitrogens with two attached hydrogens (primary N) is 1. The predicted octanol–water partition coefficient (Wildman–Crippen LogP) is -1.44. The lowest BCUT2D eigenvalue weighted by atomic mass is 10.2. The van der Waals surface area contributed by atoms with Crippen molar-refractivity contribution in [3.8, 4) is 0 Å². The molecule has 100 valence electrons. The Hall–Kier alpha value is -1.41. The van der Waals surface area contributed by atoms with Crippen molar-refractivity contribution < 1.29 is 20.1 Å². The van der Waals surface area contributed by atoms with Gasteiger partial charge in [0.1, 0.15) is 12.3 Å². The Kier molecular flexibility index (Phi) is 3.67. The Bertz CT molecular complexity index is 487. The summed E-state index contributed by atoms with van der Waals surface area (Å²) >= 11 is 0. The zero-order chi connectivity index (χ0) is 13.3. The van der Waals surface area contributed by atoms with E-state index in [1.807, 2.05) is 0 Å². The lowest BCUT2D eigenvalue weighted by Crippen LogP contribution is -2.26. The number of aliphatic hydroxyl groups excluding tert-OH is 3. The molecule has 0 aliphatic carbocycles. The first-order valence-electron chi connectivity index (χ1n) is 5.62. The van der Waals surface area contributed by atoms with Gasteiger partial charge in [0.15, 0.2) is 0 Å². The van der Waals surface area contributed by atoms with Gasteiger partial charge < -0.3 is 25.8 Å². The van der Waals surface area contributed by atoms with E-state index in [9.17, 15) is 9.90 Å². The Morgan fingerprint density at radius 2 is 2.22 bits per heavy atom. The zero-order valence-corrected chi connectivity index (χ0v) is 9.69. The fraction of sp³-hybridized carbons (Fsp3) is 0.545. The Morgan fingerprint density at radius 3 is 2.78 bits per heavy atom. The molecule has 0 saturated carbocycles. The lowest BCUT2D eigenvalue weighted by molar-refractivity contribution is -0.0455. The average Bonchev–Trinajstić information content (AvgIpc) is 2.70. The van der Waals surface area contributed by atoms with Crippen LogP contribution in [0.4, 0.5) is 5.69 Å². The van der Waals surface area contributed by atoms with Crippen molar-refractivity contribution in [2.24, 2.45) is 0 Å². The molecular formula is C11H16N2O5. The quantitative estimate of drug-likeness (QED) is 0.526. The van der Waals surface area contributed by atoms with E-state index in [2.05, 4.69) is 0 Å². The van der Waals surface area contributed by atoms with Crippen LogP contribution < -0.4 is 11.3 Å². The van der Waals surface area contributed by atoms with E-state index in [-0.39, 0.29) is 30.9 Å². The van der Waals surface area contributed by atoms with Crippen molar-refractivity contribution in [1.82, 2.24) is 4.57 Å². The van der Waals surface area contributed by atoms with Gasteiger partial charge in [-0.3, -0.25) is 9.36 Å². The van der Waals surface area contributed by atoms with Gasteiger partial charge in [-0.15, -0.1) is 0 Å². The summed E-state index contributed by atoms with van der Waals surface area (Å²) in [6, 6.07) is 1.20. The fourth-order valence-electron chi connectivity index (χ4n) is 2.01. The van der Waals surface area contributed by atoms with Crippen molar-refractivity contribution in [2.45, 2.75) is 31.5 Å². The molecule has 5 N–H and O–H groups in total. The third-order valence-electron chi connectivity index (χ3n) is 3.06. The van der Waals surface area contributed by atoms with Gasteiger partial charge in [0.25, 0.3) is 5.56 Å². The Balaban J connectivity index is 2.32. The molecule has 1 saturated heterocycles. The highest BCUT2D eigenvalue weighted by atomic mass is 16.5. The monoisotopic (exact) mass is 256 g/mol. The maximum Gasteiger partial charge on any atom is 0.254 e. The molecule has 3 atom stereocenters. The number of nitrogens with zero attached hydrogens (tertiary/aromatic N) is 1. The summed E-state index contributed by atoms with van der Waals surface area (Å²) in [6.07, 6.45) is -0.552. The van der Waals surface area contributed by atoms with Gasteiger partial charge in [0, 0.05) is 29.9 Å². The minimum absolute atomic E-state index is 0.208. The van der Waals surface area contributed by atoms with Crippen LogP contribution in [0, 0.1) is 0 Å². The maximum absolute atomic E-state index is 11.8. The molecule has 3 unspecified atom stereocenters. The number of ether oxygens (including phenoxy) is 1. The summed E-state index contributed by atoms with van der Waals surface area (Å²) in [5.41, 5.74) is 5.84.